The van der Waals surface area contributed by atoms with E-state index in [0.717, 1.165) is 12.1 Å². The number of aryl methyl sites for hydroxylation is 1. The number of halogens is 3. The van der Waals surface area contributed by atoms with Crippen molar-refractivity contribution in [2.24, 2.45) is 0 Å². The van der Waals surface area contributed by atoms with E-state index in [1.807, 2.05) is 0 Å². The molecule has 1 heterocycles. The van der Waals surface area contributed by atoms with Crippen molar-refractivity contribution in [3.8, 4) is 0 Å². The van der Waals surface area contributed by atoms with Crippen molar-refractivity contribution in [3.63, 3.8) is 0 Å². The van der Waals surface area contributed by atoms with Gasteiger partial charge < -0.3 is 5.32 Å². The fraction of sp³-hybridized carbons (Fsp3) is 0.231. The van der Waals surface area contributed by atoms with Crippen LogP contribution in [0.2, 0.25) is 0 Å². The first-order chi connectivity index (χ1) is 9.11. The van der Waals surface area contributed by atoms with E-state index in [-0.39, 0.29) is 23.6 Å². The lowest BCUT2D eigenvalue weighted by atomic mass is 10.2. The average molecular weight is 267 g/mol. The van der Waals surface area contributed by atoms with Crippen molar-refractivity contribution in [2.75, 3.05) is 5.32 Å². The van der Waals surface area contributed by atoms with E-state index < -0.39 is 17.5 Å². The summed E-state index contributed by atoms with van der Waals surface area (Å²) in [6, 6.07) is 3.23. The Morgan fingerprint density at radius 2 is 1.95 bits per heavy atom. The zero-order valence-corrected chi connectivity index (χ0v) is 10.3. The molecule has 0 aliphatic carbocycles. The van der Waals surface area contributed by atoms with E-state index in [1.54, 1.807) is 6.92 Å². The van der Waals surface area contributed by atoms with Crippen LogP contribution < -0.4 is 5.32 Å². The van der Waals surface area contributed by atoms with E-state index in [2.05, 4.69) is 15.3 Å². The lowest BCUT2D eigenvalue weighted by molar-refractivity contribution is 0.572. The Bertz CT molecular complexity index is 587. The van der Waals surface area contributed by atoms with Gasteiger partial charge in [-0.2, -0.15) is 0 Å². The summed E-state index contributed by atoms with van der Waals surface area (Å²) in [4.78, 5) is 7.55. The van der Waals surface area contributed by atoms with Crippen molar-refractivity contribution in [2.45, 2.75) is 19.9 Å². The molecule has 0 atom stereocenters. The number of nitrogens with zero attached hydrogens (tertiary/aromatic N) is 2. The maximum atomic E-state index is 13.8. The maximum absolute atomic E-state index is 13.8. The number of nitrogens with one attached hydrogen (secondary N) is 1. The van der Waals surface area contributed by atoms with Gasteiger partial charge in [-0.25, -0.2) is 23.1 Å². The summed E-state index contributed by atoms with van der Waals surface area (Å²) in [5.74, 6) is -1.87. The monoisotopic (exact) mass is 267 g/mol. The van der Waals surface area contributed by atoms with Gasteiger partial charge in [0.2, 0.25) is 0 Å². The van der Waals surface area contributed by atoms with Gasteiger partial charge in [-0.05, 0) is 12.5 Å². The first kappa shape index (κ1) is 13.3. The Labute approximate surface area is 108 Å². The number of benzene rings is 1. The number of rotatable bonds is 4. The molecule has 1 N–H and O–H groups in total. The summed E-state index contributed by atoms with van der Waals surface area (Å²) in [7, 11) is 0. The summed E-state index contributed by atoms with van der Waals surface area (Å²) >= 11 is 0. The highest BCUT2D eigenvalue weighted by molar-refractivity contribution is 5.38. The lowest BCUT2D eigenvalue weighted by Gasteiger charge is -2.09. The van der Waals surface area contributed by atoms with Gasteiger partial charge >= 0.3 is 0 Å². The van der Waals surface area contributed by atoms with Gasteiger partial charge in [0, 0.05) is 18.2 Å². The third-order valence-corrected chi connectivity index (χ3v) is 2.66. The molecule has 0 bridgehead atoms. The molecule has 0 spiro atoms. The summed E-state index contributed by atoms with van der Waals surface area (Å²) in [5.41, 5.74) is 0.523. The topological polar surface area (TPSA) is 37.8 Å². The minimum atomic E-state index is -0.683. The Morgan fingerprint density at radius 1 is 1.16 bits per heavy atom. The number of anilines is 1. The van der Waals surface area contributed by atoms with Gasteiger partial charge in [0.05, 0.1) is 5.69 Å². The molecule has 0 unspecified atom stereocenters. The molecule has 1 aromatic carbocycles. The van der Waals surface area contributed by atoms with Crippen molar-refractivity contribution in [3.05, 3.63) is 53.2 Å². The fourth-order valence-electron chi connectivity index (χ4n) is 1.62. The predicted molar refractivity (Wildman–Crippen MR) is 65.1 cm³/mol. The van der Waals surface area contributed by atoms with Gasteiger partial charge in [0.15, 0.2) is 11.6 Å². The van der Waals surface area contributed by atoms with Crippen LogP contribution in [0, 0.1) is 17.5 Å². The van der Waals surface area contributed by atoms with E-state index >= 15 is 0 Å². The van der Waals surface area contributed by atoms with Crippen LogP contribution in [0.15, 0.2) is 24.5 Å². The molecule has 100 valence electrons. The Hall–Kier alpha value is -2.11. The van der Waals surface area contributed by atoms with Crippen LogP contribution >= 0.6 is 0 Å². The van der Waals surface area contributed by atoms with E-state index in [0.29, 0.717) is 6.42 Å². The molecule has 1 aromatic heterocycles. The van der Waals surface area contributed by atoms with Crippen LogP contribution in [0.5, 0.6) is 0 Å². The molecule has 6 heteroatoms. The zero-order chi connectivity index (χ0) is 13.8. The molecular weight excluding hydrogens is 255 g/mol. The molecule has 0 amide bonds. The van der Waals surface area contributed by atoms with Crippen LogP contribution in [-0.2, 0) is 13.0 Å². The number of hydrogen-bond acceptors (Lipinski definition) is 3. The maximum Gasteiger partial charge on any atom is 0.186 e. The lowest BCUT2D eigenvalue weighted by Crippen LogP contribution is -2.08. The molecule has 0 saturated heterocycles. The molecule has 0 saturated carbocycles. The molecule has 2 aromatic rings. The van der Waals surface area contributed by atoms with Crippen LogP contribution in [0.3, 0.4) is 0 Å². The van der Waals surface area contributed by atoms with Crippen LogP contribution in [-0.4, -0.2) is 9.97 Å². The second kappa shape index (κ2) is 5.69. The second-order valence-corrected chi connectivity index (χ2v) is 3.93. The molecule has 0 radical (unpaired) electrons. The highest BCUT2D eigenvalue weighted by Gasteiger charge is 2.10. The highest BCUT2D eigenvalue weighted by Crippen LogP contribution is 2.16. The van der Waals surface area contributed by atoms with Crippen molar-refractivity contribution in [1.82, 2.24) is 9.97 Å². The SMILES string of the molecule is CCc1ncnc(NCc2ccc(F)cc2F)c1F. The zero-order valence-electron chi connectivity index (χ0n) is 10.3. The normalized spacial score (nSPS) is 10.5. The van der Waals surface area contributed by atoms with Crippen LogP contribution in [0.1, 0.15) is 18.2 Å². The summed E-state index contributed by atoms with van der Waals surface area (Å²) in [5, 5.41) is 2.68. The van der Waals surface area contributed by atoms with Crippen molar-refractivity contribution < 1.29 is 13.2 Å². The molecule has 3 nitrogen and oxygen atoms in total. The molecule has 0 fully saturated rings. The van der Waals surface area contributed by atoms with Crippen molar-refractivity contribution >= 4 is 5.82 Å². The summed E-state index contributed by atoms with van der Waals surface area (Å²) < 4.78 is 39.9. The van der Waals surface area contributed by atoms with Crippen molar-refractivity contribution in [1.29, 1.82) is 0 Å². The quantitative estimate of drug-likeness (QED) is 0.925. The van der Waals surface area contributed by atoms with Crippen LogP contribution in [0.4, 0.5) is 19.0 Å². The Balaban J connectivity index is 2.14. The van der Waals surface area contributed by atoms with Gasteiger partial charge in [0.25, 0.3) is 0 Å². The smallest absolute Gasteiger partial charge is 0.186 e. The summed E-state index contributed by atoms with van der Waals surface area (Å²) in [6.07, 6.45) is 1.68. The van der Waals surface area contributed by atoms with Gasteiger partial charge in [-0.1, -0.05) is 13.0 Å². The second-order valence-electron chi connectivity index (χ2n) is 3.93. The molecular formula is C13H12F3N3. The van der Waals surface area contributed by atoms with Gasteiger partial charge in [-0.3, -0.25) is 0 Å². The first-order valence-corrected chi connectivity index (χ1v) is 5.79. The van der Waals surface area contributed by atoms with Gasteiger partial charge in [-0.15, -0.1) is 0 Å². The molecule has 19 heavy (non-hydrogen) atoms. The number of aromatic nitrogens is 2. The largest absolute Gasteiger partial charge is 0.363 e. The minimum absolute atomic E-state index is 0.00979. The number of hydrogen-bond donors (Lipinski definition) is 1. The van der Waals surface area contributed by atoms with E-state index in [9.17, 15) is 13.2 Å². The predicted octanol–water partition coefficient (Wildman–Crippen LogP) is 3.07. The third kappa shape index (κ3) is 3.01. The molecule has 0 aliphatic heterocycles. The highest BCUT2D eigenvalue weighted by atomic mass is 19.1. The third-order valence-electron chi connectivity index (χ3n) is 2.66. The standard InChI is InChI=1S/C13H12F3N3/c1-2-11-12(16)13(19-7-18-11)17-6-8-3-4-9(14)5-10(8)15/h3-5,7H,2,6H2,1H3,(H,17,18,19). The van der Waals surface area contributed by atoms with Crippen LogP contribution in [0.25, 0.3) is 0 Å². The van der Waals surface area contributed by atoms with E-state index in [1.165, 1.54) is 12.4 Å². The molecule has 0 aliphatic rings. The van der Waals surface area contributed by atoms with Gasteiger partial charge in [0.1, 0.15) is 18.0 Å². The fourth-order valence-corrected chi connectivity index (χ4v) is 1.62. The molecule has 2 rings (SSSR count). The Kier molecular flexibility index (Phi) is 3.99. The average Bonchev–Trinajstić information content (AvgIpc) is 2.39. The summed E-state index contributed by atoms with van der Waals surface area (Å²) in [6.45, 7) is 1.79. The first-order valence-electron chi connectivity index (χ1n) is 5.79. The Morgan fingerprint density at radius 3 is 2.63 bits per heavy atom. The van der Waals surface area contributed by atoms with E-state index in [4.69, 9.17) is 0 Å². The minimum Gasteiger partial charge on any atom is -0.363 e.